The smallest absolute Gasteiger partial charge is 0.322 e. The Bertz CT molecular complexity index is 767. The van der Waals surface area contributed by atoms with Gasteiger partial charge in [-0.3, -0.25) is 4.55 Å². The van der Waals surface area contributed by atoms with E-state index in [2.05, 4.69) is 55.4 Å². The molecule has 3 N–H and O–H groups in total. The highest BCUT2D eigenvalue weighted by Crippen LogP contribution is 2.30. The molecule has 0 aliphatic rings. The van der Waals surface area contributed by atoms with Crippen molar-refractivity contribution in [1.82, 2.24) is 4.90 Å². The fourth-order valence-corrected chi connectivity index (χ4v) is 2.33. The molecule has 0 aliphatic carbocycles. The number of rotatable bonds is 4. The summed E-state index contributed by atoms with van der Waals surface area (Å²) in [5.41, 5.74) is 3.31. The van der Waals surface area contributed by atoms with Gasteiger partial charge in [0.1, 0.15) is 0 Å². The second-order valence-electron chi connectivity index (χ2n) is 5.68. The summed E-state index contributed by atoms with van der Waals surface area (Å²) >= 11 is 0. The molecule has 2 atom stereocenters. The Morgan fingerprint density at radius 2 is 1.27 bits per heavy atom. The summed E-state index contributed by atoms with van der Waals surface area (Å²) < 4.78 is 57.5. The topological polar surface area (TPSA) is 83.6 Å². The molecule has 0 aromatic heterocycles. The number of hydrogen-bond donors (Lipinski definition) is 2. The Labute approximate surface area is 151 Å². The van der Waals surface area contributed by atoms with Crippen LogP contribution in [0.4, 0.5) is 13.2 Å². The fourth-order valence-electron chi connectivity index (χ4n) is 2.33. The SMILES string of the molecule is CN(C)[C@H](c1ccccc1)[C@H](N)c1ccccc1.O=S(=O)(O)C(F)(F)F. The minimum Gasteiger partial charge on any atom is -0.322 e. The molecule has 0 fully saturated rings. The highest BCUT2D eigenvalue weighted by Gasteiger charge is 2.44. The van der Waals surface area contributed by atoms with E-state index >= 15 is 0 Å². The zero-order valence-corrected chi connectivity index (χ0v) is 15.1. The van der Waals surface area contributed by atoms with Gasteiger partial charge in [-0.2, -0.15) is 21.6 Å². The second kappa shape index (κ2) is 9.13. The van der Waals surface area contributed by atoms with Crippen LogP contribution in [0, 0.1) is 0 Å². The van der Waals surface area contributed by atoms with Crippen LogP contribution in [-0.2, 0) is 10.1 Å². The monoisotopic (exact) mass is 390 g/mol. The van der Waals surface area contributed by atoms with Gasteiger partial charge in [-0.1, -0.05) is 60.7 Å². The standard InChI is InChI=1S/C16H20N2.CHF3O3S/c1-18(2)16(14-11-7-4-8-12-14)15(17)13-9-5-3-6-10-13;2-1(3,4)8(5,6)7/h3-12,15-16H,17H2,1-2H3;(H,5,6,7)/t15-,16-;/m1./s1. The zero-order chi connectivity index (χ0) is 20.0. The maximum Gasteiger partial charge on any atom is 0.522 e. The first kappa shape index (κ1) is 22.1. The third-order valence-electron chi connectivity index (χ3n) is 3.51. The molecule has 2 aromatic carbocycles. The van der Waals surface area contributed by atoms with Crippen LogP contribution >= 0.6 is 0 Å². The molecule has 0 spiro atoms. The third-order valence-corrected chi connectivity index (χ3v) is 4.10. The summed E-state index contributed by atoms with van der Waals surface area (Å²) in [5.74, 6) is 0. The molecule has 0 saturated carbocycles. The van der Waals surface area contributed by atoms with Crippen LogP contribution in [-0.4, -0.2) is 37.5 Å². The van der Waals surface area contributed by atoms with Gasteiger partial charge in [0, 0.05) is 6.04 Å². The molecule has 5 nitrogen and oxygen atoms in total. The zero-order valence-electron chi connectivity index (χ0n) is 14.3. The molecule has 2 aromatic rings. The molecule has 0 bridgehead atoms. The van der Waals surface area contributed by atoms with Crippen molar-refractivity contribution in [1.29, 1.82) is 0 Å². The van der Waals surface area contributed by atoms with Gasteiger partial charge in [-0.05, 0) is 25.2 Å². The quantitative estimate of drug-likeness (QED) is 0.618. The summed E-state index contributed by atoms with van der Waals surface area (Å²) in [4.78, 5) is 2.17. The Morgan fingerprint density at radius 1 is 0.923 bits per heavy atom. The number of nitrogens with two attached hydrogens (primary N) is 1. The lowest BCUT2D eigenvalue weighted by molar-refractivity contribution is -0.0510. The van der Waals surface area contributed by atoms with E-state index in [-0.39, 0.29) is 12.1 Å². The maximum absolute atomic E-state index is 10.7. The molecule has 9 heteroatoms. The van der Waals surface area contributed by atoms with Gasteiger partial charge >= 0.3 is 15.6 Å². The Hall–Kier alpha value is -1.94. The predicted octanol–water partition coefficient (Wildman–Crippen LogP) is 3.38. The molecule has 2 rings (SSSR count). The molecule has 0 amide bonds. The van der Waals surface area contributed by atoms with E-state index in [0.717, 1.165) is 0 Å². The Morgan fingerprint density at radius 3 is 1.58 bits per heavy atom. The van der Waals surface area contributed by atoms with E-state index in [9.17, 15) is 13.2 Å². The Kier molecular flexibility index (Phi) is 7.76. The molecular formula is C17H21F3N2O3S. The van der Waals surface area contributed by atoms with Gasteiger partial charge < -0.3 is 10.6 Å². The molecule has 26 heavy (non-hydrogen) atoms. The van der Waals surface area contributed by atoms with E-state index in [1.54, 1.807) is 0 Å². The Balaban J connectivity index is 0.000000359. The van der Waals surface area contributed by atoms with Gasteiger partial charge in [-0.25, -0.2) is 0 Å². The van der Waals surface area contributed by atoms with Crippen LogP contribution in [0.25, 0.3) is 0 Å². The maximum atomic E-state index is 10.7. The van der Waals surface area contributed by atoms with Crippen molar-refractivity contribution < 1.29 is 26.1 Å². The lowest BCUT2D eigenvalue weighted by atomic mass is 9.93. The molecular weight excluding hydrogens is 369 g/mol. The number of benzene rings is 2. The van der Waals surface area contributed by atoms with E-state index in [0.29, 0.717) is 0 Å². The minimum absolute atomic E-state index is 0.0244. The molecule has 0 radical (unpaired) electrons. The molecule has 0 unspecified atom stereocenters. The van der Waals surface area contributed by atoms with Gasteiger partial charge in [0.15, 0.2) is 0 Å². The van der Waals surface area contributed by atoms with Crippen LogP contribution < -0.4 is 5.73 Å². The van der Waals surface area contributed by atoms with Crippen LogP contribution in [0.15, 0.2) is 60.7 Å². The fraction of sp³-hybridized carbons (Fsp3) is 0.294. The van der Waals surface area contributed by atoms with Crippen molar-refractivity contribution >= 4 is 10.1 Å². The summed E-state index contributed by atoms with van der Waals surface area (Å²) in [6.07, 6.45) is 0. The van der Waals surface area contributed by atoms with Gasteiger partial charge in [0.2, 0.25) is 0 Å². The van der Waals surface area contributed by atoms with Crippen molar-refractivity contribution in [3.8, 4) is 0 Å². The summed E-state index contributed by atoms with van der Waals surface area (Å²) in [5, 5.41) is 0. The highest BCUT2D eigenvalue weighted by molar-refractivity contribution is 7.86. The van der Waals surface area contributed by atoms with E-state index in [1.807, 2.05) is 24.3 Å². The van der Waals surface area contributed by atoms with Crippen molar-refractivity contribution in [3.05, 3.63) is 71.8 Å². The lowest BCUT2D eigenvalue weighted by Crippen LogP contribution is -2.31. The van der Waals surface area contributed by atoms with Gasteiger partial charge in [0.05, 0.1) is 6.04 Å². The summed E-state index contributed by atoms with van der Waals surface area (Å²) in [6, 6.07) is 20.8. The van der Waals surface area contributed by atoms with Crippen molar-refractivity contribution in [2.75, 3.05) is 14.1 Å². The highest BCUT2D eigenvalue weighted by atomic mass is 32.2. The second-order valence-corrected chi connectivity index (χ2v) is 7.09. The summed E-state index contributed by atoms with van der Waals surface area (Å²) in [7, 11) is -1.70. The molecule has 0 saturated heterocycles. The van der Waals surface area contributed by atoms with Crippen LogP contribution in [0.2, 0.25) is 0 Å². The van der Waals surface area contributed by atoms with E-state index in [1.165, 1.54) is 11.1 Å². The first-order valence-electron chi connectivity index (χ1n) is 7.50. The van der Waals surface area contributed by atoms with Crippen LogP contribution in [0.5, 0.6) is 0 Å². The predicted molar refractivity (Wildman–Crippen MR) is 93.8 cm³/mol. The van der Waals surface area contributed by atoms with Crippen LogP contribution in [0.3, 0.4) is 0 Å². The first-order valence-corrected chi connectivity index (χ1v) is 8.95. The first-order chi connectivity index (χ1) is 11.9. The minimum atomic E-state index is -5.84. The molecule has 144 valence electrons. The number of alkyl halides is 3. The normalized spacial score (nSPS) is 14.3. The number of halogens is 3. The van der Waals surface area contributed by atoms with Crippen LogP contribution in [0.1, 0.15) is 23.2 Å². The molecule has 0 aliphatic heterocycles. The lowest BCUT2D eigenvalue weighted by Gasteiger charge is -2.30. The largest absolute Gasteiger partial charge is 0.522 e. The van der Waals surface area contributed by atoms with Gasteiger partial charge in [0.25, 0.3) is 0 Å². The van der Waals surface area contributed by atoms with Crippen molar-refractivity contribution in [2.24, 2.45) is 5.73 Å². The summed E-state index contributed by atoms with van der Waals surface area (Å²) in [6.45, 7) is 0. The average molecular weight is 390 g/mol. The van der Waals surface area contributed by atoms with E-state index < -0.39 is 15.6 Å². The molecule has 0 heterocycles. The number of nitrogens with zero attached hydrogens (tertiary/aromatic N) is 1. The number of hydrogen-bond acceptors (Lipinski definition) is 4. The van der Waals surface area contributed by atoms with Crippen molar-refractivity contribution in [3.63, 3.8) is 0 Å². The average Bonchev–Trinajstić information content (AvgIpc) is 2.55. The van der Waals surface area contributed by atoms with Gasteiger partial charge in [-0.15, -0.1) is 0 Å². The van der Waals surface area contributed by atoms with E-state index in [4.69, 9.17) is 18.7 Å². The number of likely N-dealkylation sites (N-methyl/N-ethyl adjacent to an activating group) is 1. The van der Waals surface area contributed by atoms with Crippen molar-refractivity contribution in [2.45, 2.75) is 17.6 Å². The third kappa shape index (κ3) is 6.41.